The van der Waals surface area contributed by atoms with Crippen molar-refractivity contribution in [1.29, 1.82) is 0 Å². The maximum absolute atomic E-state index is 13.0. The molecule has 0 aliphatic carbocycles. The lowest BCUT2D eigenvalue weighted by atomic mass is 10.1. The number of carbonyl (C=O) groups excluding carboxylic acids is 1. The Labute approximate surface area is 162 Å². The number of carbonyl (C=O) groups is 1. The molecule has 0 aliphatic rings. The molecule has 3 aromatic rings. The van der Waals surface area contributed by atoms with Gasteiger partial charge in [0.15, 0.2) is 0 Å². The molecule has 1 unspecified atom stereocenters. The van der Waals surface area contributed by atoms with Crippen molar-refractivity contribution in [3.8, 4) is 11.5 Å². The Bertz CT molecular complexity index is 950. The van der Waals surface area contributed by atoms with Crippen LogP contribution >= 0.6 is 11.3 Å². The van der Waals surface area contributed by atoms with Crippen LogP contribution in [0.15, 0.2) is 28.7 Å². The van der Waals surface area contributed by atoms with Gasteiger partial charge in [0.2, 0.25) is 11.8 Å². The topological polar surface area (TPSA) is 81.4 Å². The first-order valence-electron chi connectivity index (χ1n) is 8.53. The Kier molecular flexibility index (Phi) is 5.67. The Morgan fingerprint density at radius 1 is 1.33 bits per heavy atom. The van der Waals surface area contributed by atoms with Crippen LogP contribution in [0.25, 0.3) is 11.5 Å². The summed E-state index contributed by atoms with van der Waals surface area (Å²) in [7, 11) is 3.37. The van der Waals surface area contributed by atoms with E-state index in [1.54, 1.807) is 42.5 Å². The largest absolute Gasteiger partial charge is 0.418 e. The Hall–Kier alpha value is -2.58. The van der Waals surface area contributed by atoms with E-state index in [4.69, 9.17) is 9.15 Å². The monoisotopic (exact) mass is 386 g/mol. The van der Waals surface area contributed by atoms with Crippen LogP contribution < -0.4 is 0 Å². The number of hydrogen-bond acceptors (Lipinski definition) is 7. The third kappa shape index (κ3) is 4.06. The van der Waals surface area contributed by atoms with Gasteiger partial charge in [-0.1, -0.05) is 6.07 Å². The fourth-order valence-corrected chi connectivity index (χ4v) is 3.85. The van der Waals surface area contributed by atoms with Gasteiger partial charge in [-0.15, -0.1) is 21.5 Å². The summed E-state index contributed by atoms with van der Waals surface area (Å²) in [5, 5.41) is 8.95. The van der Waals surface area contributed by atoms with Crippen molar-refractivity contribution < 1.29 is 13.9 Å². The number of amides is 1. The van der Waals surface area contributed by atoms with E-state index in [2.05, 4.69) is 15.2 Å². The summed E-state index contributed by atoms with van der Waals surface area (Å²) in [5.74, 6) is 0.679. The number of benzene rings is 1. The van der Waals surface area contributed by atoms with E-state index in [9.17, 15) is 4.79 Å². The number of methoxy groups -OCH3 is 1. The Morgan fingerprint density at radius 3 is 2.78 bits per heavy atom. The molecule has 7 nitrogen and oxygen atoms in total. The van der Waals surface area contributed by atoms with Crippen molar-refractivity contribution in [2.24, 2.45) is 0 Å². The maximum atomic E-state index is 13.0. The minimum Gasteiger partial charge on any atom is -0.418 e. The smallest absolute Gasteiger partial charge is 0.254 e. The summed E-state index contributed by atoms with van der Waals surface area (Å²) in [6.45, 7) is 6.21. The molecule has 1 atom stereocenters. The number of aryl methyl sites for hydroxylation is 2. The molecule has 0 radical (unpaired) electrons. The van der Waals surface area contributed by atoms with Crippen LogP contribution in [0.2, 0.25) is 0 Å². The summed E-state index contributed by atoms with van der Waals surface area (Å²) in [5.41, 5.74) is 2.23. The molecule has 0 aliphatic heterocycles. The van der Waals surface area contributed by atoms with Crippen LogP contribution in [0.5, 0.6) is 0 Å². The van der Waals surface area contributed by atoms with Gasteiger partial charge in [0.25, 0.3) is 5.91 Å². The highest BCUT2D eigenvalue weighted by Gasteiger charge is 2.23. The summed E-state index contributed by atoms with van der Waals surface area (Å²) in [6, 6.07) is 7.13. The molecule has 1 amide bonds. The van der Waals surface area contributed by atoms with Gasteiger partial charge in [0.1, 0.15) is 6.61 Å². The van der Waals surface area contributed by atoms with Gasteiger partial charge in [0.05, 0.1) is 16.7 Å². The molecule has 0 N–H and O–H groups in total. The van der Waals surface area contributed by atoms with E-state index in [1.807, 2.05) is 32.9 Å². The van der Waals surface area contributed by atoms with Crippen molar-refractivity contribution in [3.63, 3.8) is 0 Å². The van der Waals surface area contributed by atoms with Crippen LogP contribution in [-0.4, -0.2) is 40.1 Å². The molecule has 0 fully saturated rings. The highest BCUT2D eigenvalue weighted by Crippen LogP contribution is 2.29. The fourth-order valence-electron chi connectivity index (χ4n) is 2.83. The lowest BCUT2D eigenvalue weighted by molar-refractivity contribution is 0.0744. The van der Waals surface area contributed by atoms with Gasteiger partial charge in [-0.2, -0.15) is 0 Å². The van der Waals surface area contributed by atoms with Crippen molar-refractivity contribution in [2.45, 2.75) is 33.4 Å². The first-order chi connectivity index (χ1) is 12.9. The zero-order valence-electron chi connectivity index (χ0n) is 16.0. The third-order valence-electron chi connectivity index (χ3n) is 4.31. The molecule has 0 saturated heterocycles. The summed E-state index contributed by atoms with van der Waals surface area (Å²) in [4.78, 5) is 20.3. The Morgan fingerprint density at radius 2 is 2.11 bits per heavy atom. The second-order valence-corrected chi connectivity index (χ2v) is 7.52. The lowest BCUT2D eigenvalue weighted by Crippen LogP contribution is -2.29. The molecule has 0 spiro atoms. The fraction of sp³-hybridized carbons (Fsp3) is 0.368. The molecule has 2 heterocycles. The average Bonchev–Trinajstić information content (AvgIpc) is 3.26. The molecule has 142 valence electrons. The molecular formula is C19H22N4O3S. The second-order valence-electron chi connectivity index (χ2n) is 6.29. The normalized spacial score (nSPS) is 12.2. The van der Waals surface area contributed by atoms with E-state index in [-0.39, 0.29) is 18.6 Å². The van der Waals surface area contributed by atoms with Gasteiger partial charge in [-0.25, -0.2) is 4.98 Å². The van der Waals surface area contributed by atoms with Gasteiger partial charge >= 0.3 is 0 Å². The first kappa shape index (κ1) is 19.2. The number of rotatable bonds is 6. The van der Waals surface area contributed by atoms with Crippen molar-refractivity contribution in [3.05, 3.63) is 51.3 Å². The summed E-state index contributed by atoms with van der Waals surface area (Å²) in [6.07, 6.45) is 0. The van der Waals surface area contributed by atoms with E-state index in [1.165, 1.54) is 0 Å². The molecule has 0 bridgehead atoms. The number of nitrogens with zero attached hydrogens (tertiary/aromatic N) is 4. The minimum atomic E-state index is -0.0774. The zero-order chi connectivity index (χ0) is 19.6. The number of aromatic nitrogens is 3. The maximum Gasteiger partial charge on any atom is 0.254 e. The van der Waals surface area contributed by atoms with Crippen molar-refractivity contribution in [2.75, 3.05) is 14.2 Å². The van der Waals surface area contributed by atoms with E-state index < -0.39 is 0 Å². The van der Waals surface area contributed by atoms with Crippen LogP contribution in [0.3, 0.4) is 0 Å². The summed E-state index contributed by atoms with van der Waals surface area (Å²) < 4.78 is 10.6. The van der Waals surface area contributed by atoms with Crippen LogP contribution in [0, 0.1) is 13.8 Å². The van der Waals surface area contributed by atoms with E-state index >= 15 is 0 Å². The van der Waals surface area contributed by atoms with E-state index in [0.717, 1.165) is 15.6 Å². The second kappa shape index (κ2) is 7.98. The average molecular weight is 386 g/mol. The molecule has 8 heteroatoms. The quantitative estimate of drug-likeness (QED) is 0.641. The van der Waals surface area contributed by atoms with Crippen molar-refractivity contribution >= 4 is 17.2 Å². The predicted molar refractivity (Wildman–Crippen MR) is 103 cm³/mol. The van der Waals surface area contributed by atoms with Crippen LogP contribution in [-0.2, 0) is 11.3 Å². The molecule has 0 saturated carbocycles. The van der Waals surface area contributed by atoms with Crippen LogP contribution in [0.1, 0.15) is 44.8 Å². The SMILES string of the molecule is COCc1nnc(-c2cccc(C(=O)N(C)C(C)c3sc(C)nc3C)c2)o1. The number of hydrogen-bond donors (Lipinski definition) is 0. The molecule has 3 rings (SSSR count). The van der Waals surface area contributed by atoms with Crippen LogP contribution in [0.4, 0.5) is 0 Å². The molecular weight excluding hydrogens is 364 g/mol. The lowest BCUT2D eigenvalue weighted by Gasteiger charge is -2.24. The highest BCUT2D eigenvalue weighted by atomic mass is 32.1. The summed E-state index contributed by atoms with van der Waals surface area (Å²) >= 11 is 1.62. The van der Waals surface area contributed by atoms with Gasteiger partial charge in [0, 0.05) is 30.2 Å². The molecule has 2 aromatic heterocycles. The van der Waals surface area contributed by atoms with Gasteiger partial charge in [-0.05, 0) is 39.0 Å². The third-order valence-corrected chi connectivity index (χ3v) is 5.55. The zero-order valence-corrected chi connectivity index (χ0v) is 16.8. The predicted octanol–water partition coefficient (Wildman–Crippen LogP) is 3.79. The minimum absolute atomic E-state index is 0.0657. The molecule has 1 aromatic carbocycles. The Balaban J connectivity index is 1.83. The van der Waals surface area contributed by atoms with Gasteiger partial charge in [-0.3, -0.25) is 4.79 Å². The first-order valence-corrected chi connectivity index (χ1v) is 9.35. The molecule has 27 heavy (non-hydrogen) atoms. The highest BCUT2D eigenvalue weighted by molar-refractivity contribution is 7.11. The number of thiazole rings is 1. The van der Waals surface area contributed by atoms with Crippen molar-refractivity contribution in [1.82, 2.24) is 20.1 Å². The van der Waals surface area contributed by atoms with Gasteiger partial charge < -0.3 is 14.1 Å². The van der Waals surface area contributed by atoms with E-state index in [0.29, 0.717) is 22.9 Å². The number of ether oxygens (including phenoxy) is 1. The standard InChI is InChI=1S/C19H22N4O3S/c1-11-17(27-13(3)20-11)12(2)23(4)19(24)15-8-6-7-14(9-15)18-22-21-16(26-18)10-25-5/h6-9,12H,10H2,1-5H3.